The van der Waals surface area contributed by atoms with Crippen molar-refractivity contribution in [2.24, 2.45) is 17.6 Å². The fourth-order valence-corrected chi connectivity index (χ4v) is 5.87. The number of amides is 2. The lowest BCUT2D eigenvalue weighted by Gasteiger charge is -2.31. The summed E-state index contributed by atoms with van der Waals surface area (Å²) in [4.78, 5) is 25.3. The summed E-state index contributed by atoms with van der Waals surface area (Å²) in [5.74, 6) is -2.66. The molecule has 1 aromatic carbocycles. The van der Waals surface area contributed by atoms with Crippen LogP contribution in [0.25, 0.3) is 0 Å². The van der Waals surface area contributed by atoms with Crippen molar-refractivity contribution in [2.45, 2.75) is 37.0 Å². The van der Waals surface area contributed by atoms with Gasteiger partial charge in [0.1, 0.15) is 16.5 Å². The van der Waals surface area contributed by atoms with Gasteiger partial charge in [-0.2, -0.15) is 4.31 Å². The highest BCUT2D eigenvalue weighted by atomic mass is 32.2. The average molecular weight is 473 g/mol. The molecule has 2 amide bonds. The topological polar surface area (TPSA) is 113 Å². The number of piperidine rings is 2. The quantitative estimate of drug-likeness (QED) is 0.550. The SMILES string of the molecule is NC(=O)C1CCCN(CCCNC(=O)C2CCN(S(=O)(=O)c3cc(F)ccc3F)CC2)C1. The lowest BCUT2D eigenvalue weighted by atomic mass is 9.97. The molecule has 2 aliphatic heterocycles. The standard InChI is InChI=1S/C21H30F2N4O4S/c22-17-4-5-18(23)19(13-17)32(30,31)27-11-6-15(7-12-27)21(29)25-8-2-10-26-9-1-3-16(14-26)20(24)28/h4-5,13,15-16H,1-3,6-12,14H2,(H2,24,28)(H,25,29). The smallest absolute Gasteiger partial charge is 0.246 e. The van der Waals surface area contributed by atoms with Crippen LogP contribution in [0.5, 0.6) is 0 Å². The molecule has 0 aliphatic carbocycles. The predicted octanol–water partition coefficient (Wildman–Crippen LogP) is 1.07. The first kappa shape index (κ1) is 24.5. The lowest BCUT2D eigenvalue weighted by Crippen LogP contribution is -2.44. The van der Waals surface area contributed by atoms with Crippen molar-refractivity contribution in [3.63, 3.8) is 0 Å². The van der Waals surface area contributed by atoms with Crippen molar-refractivity contribution in [3.05, 3.63) is 29.8 Å². The number of nitrogens with zero attached hydrogens (tertiary/aromatic N) is 2. The summed E-state index contributed by atoms with van der Waals surface area (Å²) in [5.41, 5.74) is 5.39. The third-order valence-electron chi connectivity index (χ3n) is 6.19. The number of hydrogen-bond acceptors (Lipinski definition) is 5. The van der Waals surface area contributed by atoms with Gasteiger partial charge < -0.3 is 16.0 Å². The van der Waals surface area contributed by atoms with Gasteiger partial charge in [0.25, 0.3) is 0 Å². The summed E-state index contributed by atoms with van der Waals surface area (Å²) in [6.45, 7) is 2.96. The maximum absolute atomic E-state index is 13.9. The van der Waals surface area contributed by atoms with E-state index in [1.165, 1.54) is 0 Å². The fourth-order valence-electron chi connectivity index (χ4n) is 4.32. The fraction of sp³-hybridized carbons (Fsp3) is 0.619. The summed E-state index contributed by atoms with van der Waals surface area (Å²) in [5, 5.41) is 2.89. The largest absolute Gasteiger partial charge is 0.369 e. The number of primary amides is 1. The van der Waals surface area contributed by atoms with Gasteiger partial charge in [0, 0.05) is 32.1 Å². The van der Waals surface area contributed by atoms with E-state index < -0.39 is 26.6 Å². The molecule has 0 radical (unpaired) electrons. The van der Waals surface area contributed by atoms with Crippen LogP contribution >= 0.6 is 0 Å². The molecule has 0 spiro atoms. The van der Waals surface area contributed by atoms with E-state index in [4.69, 9.17) is 5.73 Å². The van der Waals surface area contributed by atoms with E-state index in [9.17, 15) is 26.8 Å². The van der Waals surface area contributed by atoms with E-state index in [0.29, 0.717) is 32.0 Å². The normalized spacial score (nSPS) is 21.4. The molecule has 2 saturated heterocycles. The van der Waals surface area contributed by atoms with Crippen molar-refractivity contribution < 1.29 is 26.8 Å². The minimum atomic E-state index is -4.16. The first-order chi connectivity index (χ1) is 15.2. The van der Waals surface area contributed by atoms with Crippen molar-refractivity contribution >= 4 is 21.8 Å². The van der Waals surface area contributed by atoms with Crippen LogP contribution in [0.3, 0.4) is 0 Å². The highest BCUT2D eigenvalue weighted by molar-refractivity contribution is 7.89. The monoisotopic (exact) mass is 472 g/mol. The Labute approximate surface area is 187 Å². The van der Waals surface area contributed by atoms with Gasteiger partial charge in [-0.3, -0.25) is 9.59 Å². The molecule has 32 heavy (non-hydrogen) atoms. The molecule has 0 aromatic heterocycles. The van der Waals surface area contributed by atoms with E-state index in [-0.39, 0.29) is 36.7 Å². The van der Waals surface area contributed by atoms with Crippen molar-refractivity contribution in [1.29, 1.82) is 0 Å². The molecule has 1 unspecified atom stereocenters. The van der Waals surface area contributed by atoms with Crippen LogP contribution in [-0.4, -0.2) is 68.7 Å². The lowest BCUT2D eigenvalue weighted by molar-refractivity contribution is -0.126. The van der Waals surface area contributed by atoms with E-state index >= 15 is 0 Å². The first-order valence-corrected chi connectivity index (χ1v) is 12.4. The highest BCUT2D eigenvalue weighted by Crippen LogP contribution is 2.26. The zero-order valence-corrected chi connectivity index (χ0v) is 18.8. The molecule has 1 aromatic rings. The Bertz CT molecular complexity index is 936. The number of sulfonamides is 1. The Hall–Kier alpha value is -2.11. The zero-order valence-electron chi connectivity index (χ0n) is 17.9. The van der Waals surface area contributed by atoms with Gasteiger partial charge >= 0.3 is 0 Å². The number of hydrogen-bond donors (Lipinski definition) is 2. The van der Waals surface area contributed by atoms with Gasteiger partial charge in [0.15, 0.2) is 0 Å². The van der Waals surface area contributed by atoms with E-state index in [1.54, 1.807) is 0 Å². The summed E-state index contributed by atoms with van der Waals surface area (Å²) in [6.07, 6.45) is 3.12. The molecular formula is C21H30F2N4O4S. The number of carbonyl (C=O) groups is 2. The Kier molecular flexibility index (Phi) is 8.18. The van der Waals surface area contributed by atoms with Crippen LogP contribution in [0, 0.1) is 23.5 Å². The molecular weight excluding hydrogens is 442 g/mol. The third kappa shape index (κ3) is 6.02. The zero-order chi connectivity index (χ0) is 23.3. The second kappa shape index (κ2) is 10.7. The summed E-state index contributed by atoms with van der Waals surface area (Å²) < 4.78 is 53.7. The Morgan fingerprint density at radius 1 is 1.09 bits per heavy atom. The van der Waals surface area contributed by atoms with Crippen molar-refractivity contribution in [1.82, 2.24) is 14.5 Å². The van der Waals surface area contributed by atoms with Gasteiger partial charge in [-0.05, 0) is 63.4 Å². The van der Waals surface area contributed by atoms with Crippen molar-refractivity contribution in [3.8, 4) is 0 Å². The maximum atomic E-state index is 13.9. The van der Waals surface area contributed by atoms with Gasteiger partial charge in [0.2, 0.25) is 21.8 Å². The molecule has 2 aliphatic rings. The summed E-state index contributed by atoms with van der Waals surface area (Å²) in [6, 6.07) is 2.34. The minimum Gasteiger partial charge on any atom is -0.369 e. The number of rotatable bonds is 8. The Balaban J connectivity index is 1.42. The van der Waals surface area contributed by atoms with E-state index in [0.717, 1.165) is 48.8 Å². The number of nitrogens with two attached hydrogens (primary N) is 1. The molecule has 1 atom stereocenters. The minimum absolute atomic E-state index is 0.0681. The molecule has 2 fully saturated rings. The molecule has 11 heteroatoms. The molecule has 8 nitrogen and oxygen atoms in total. The third-order valence-corrected chi connectivity index (χ3v) is 8.11. The van der Waals surface area contributed by atoms with Gasteiger partial charge in [-0.1, -0.05) is 0 Å². The molecule has 0 saturated carbocycles. The maximum Gasteiger partial charge on any atom is 0.246 e. The van der Waals surface area contributed by atoms with Crippen LogP contribution in [0.4, 0.5) is 8.78 Å². The number of nitrogens with one attached hydrogen (secondary N) is 1. The van der Waals surface area contributed by atoms with Crippen LogP contribution in [0.2, 0.25) is 0 Å². The van der Waals surface area contributed by atoms with Crippen LogP contribution in [0.15, 0.2) is 23.1 Å². The van der Waals surface area contributed by atoms with Crippen molar-refractivity contribution in [2.75, 3.05) is 39.3 Å². The Morgan fingerprint density at radius 2 is 1.81 bits per heavy atom. The molecule has 0 bridgehead atoms. The average Bonchev–Trinajstić information content (AvgIpc) is 2.78. The van der Waals surface area contributed by atoms with Gasteiger partial charge in [-0.25, -0.2) is 17.2 Å². The van der Waals surface area contributed by atoms with Gasteiger partial charge in [0.05, 0.1) is 5.92 Å². The van der Waals surface area contributed by atoms with Gasteiger partial charge in [-0.15, -0.1) is 0 Å². The number of halogens is 2. The Morgan fingerprint density at radius 3 is 2.50 bits per heavy atom. The summed E-state index contributed by atoms with van der Waals surface area (Å²) >= 11 is 0. The highest BCUT2D eigenvalue weighted by Gasteiger charge is 2.33. The molecule has 2 heterocycles. The van der Waals surface area contributed by atoms with Crippen LogP contribution in [0.1, 0.15) is 32.1 Å². The molecule has 178 valence electrons. The van der Waals surface area contributed by atoms with E-state index in [2.05, 4.69) is 10.2 Å². The number of carbonyl (C=O) groups excluding carboxylic acids is 2. The van der Waals surface area contributed by atoms with E-state index in [1.807, 2.05) is 0 Å². The number of benzene rings is 1. The second-order valence-electron chi connectivity index (χ2n) is 8.44. The molecule has 3 rings (SSSR count). The first-order valence-electron chi connectivity index (χ1n) is 10.9. The predicted molar refractivity (Wildman–Crippen MR) is 114 cm³/mol. The van der Waals surface area contributed by atoms with Crippen LogP contribution < -0.4 is 11.1 Å². The van der Waals surface area contributed by atoms with Crippen LogP contribution in [-0.2, 0) is 19.6 Å². The molecule has 3 N–H and O–H groups in total. The second-order valence-corrected chi connectivity index (χ2v) is 10.3. The number of likely N-dealkylation sites (tertiary alicyclic amines) is 1. The summed E-state index contributed by atoms with van der Waals surface area (Å²) in [7, 11) is -4.16.